The average Bonchev–Trinajstić information content (AvgIpc) is 3.49. The number of imidazole rings is 1. The second kappa shape index (κ2) is 12.9. The van der Waals surface area contributed by atoms with Gasteiger partial charge in [-0.15, -0.1) is 0 Å². The summed E-state index contributed by atoms with van der Waals surface area (Å²) in [5, 5.41) is 5.84. The van der Waals surface area contributed by atoms with Crippen LogP contribution in [0.5, 0.6) is 0 Å². The molecule has 3 heterocycles. The van der Waals surface area contributed by atoms with Crippen molar-refractivity contribution in [2.45, 2.75) is 19.6 Å². The van der Waals surface area contributed by atoms with Crippen molar-refractivity contribution < 1.29 is 27.4 Å². The van der Waals surface area contributed by atoms with Crippen LogP contribution in [-0.2, 0) is 20.7 Å². The Morgan fingerprint density at radius 2 is 1.71 bits per heavy atom. The molecule has 0 atom stereocenters. The summed E-state index contributed by atoms with van der Waals surface area (Å²) in [6, 6.07) is 20.4. The fraction of sp³-hybridized carbons (Fsp3) is 0.212. The topological polar surface area (TPSA) is 114 Å². The van der Waals surface area contributed by atoms with Crippen LogP contribution in [0, 0.1) is 22.9 Å². The van der Waals surface area contributed by atoms with Crippen molar-refractivity contribution >= 4 is 17.5 Å². The molecule has 3 N–H and O–H groups in total. The minimum atomic E-state index is -1.01. The number of anilines is 2. The maximum Gasteiger partial charge on any atom is 0.227 e. The van der Waals surface area contributed by atoms with Crippen LogP contribution in [0.15, 0.2) is 85.1 Å². The highest BCUT2D eigenvalue weighted by atomic mass is 19.2. The first-order valence-corrected chi connectivity index (χ1v) is 14.2. The maximum absolute atomic E-state index is 13.8. The Hall–Kier alpha value is -5.07. The van der Waals surface area contributed by atoms with E-state index in [4.69, 9.17) is 14.5 Å². The van der Waals surface area contributed by atoms with E-state index in [-0.39, 0.29) is 24.0 Å². The van der Waals surface area contributed by atoms with Gasteiger partial charge in [0.25, 0.3) is 0 Å². The number of halogens is 3. The smallest absolute Gasteiger partial charge is 0.227 e. The molecular weight excluding hydrogens is 585 g/mol. The zero-order chi connectivity index (χ0) is 31.4. The number of ether oxygens (including phenoxy) is 2. The fourth-order valence-corrected chi connectivity index (χ4v) is 4.83. The first-order valence-electron chi connectivity index (χ1n) is 14.2. The molecule has 1 saturated heterocycles. The van der Waals surface area contributed by atoms with Gasteiger partial charge in [0.2, 0.25) is 18.1 Å². The van der Waals surface area contributed by atoms with E-state index in [0.717, 1.165) is 17.7 Å². The highest BCUT2D eigenvalue weighted by Gasteiger charge is 2.35. The van der Waals surface area contributed by atoms with E-state index >= 15 is 0 Å². The van der Waals surface area contributed by atoms with Gasteiger partial charge >= 0.3 is 0 Å². The zero-order valence-corrected chi connectivity index (χ0v) is 24.2. The minimum Gasteiger partial charge on any atom is -0.355 e. The molecule has 1 amide bonds. The van der Waals surface area contributed by atoms with E-state index in [2.05, 4.69) is 25.6 Å². The summed E-state index contributed by atoms with van der Waals surface area (Å²) < 4.78 is 53.0. The molecule has 2 aromatic heterocycles. The number of hydrogen-bond donors (Lipinski definition) is 3. The molecule has 1 aliphatic rings. The van der Waals surface area contributed by atoms with Crippen LogP contribution in [0.3, 0.4) is 0 Å². The van der Waals surface area contributed by atoms with Crippen molar-refractivity contribution in [1.82, 2.24) is 25.3 Å². The maximum atomic E-state index is 13.8. The van der Waals surface area contributed by atoms with Gasteiger partial charge in [-0.1, -0.05) is 37.3 Å². The van der Waals surface area contributed by atoms with Crippen molar-refractivity contribution in [1.29, 1.82) is 0 Å². The Balaban J connectivity index is 1.19. The van der Waals surface area contributed by atoms with Gasteiger partial charge in [0.1, 0.15) is 5.82 Å². The van der Waals surface area contributed by atoms with Gasteiger partial charge < -0.3 is 25.1 Å². The molecular formula is C33H29F3N6O3. The number of carbonyl (C=O) groups excluding carboxylic acids is 1. The molecule has 0 bridgehead atoms. The van der Waals surface area contributed by atoms with E-state index in [9.17, 15) is 18.0 Å². The normalized spacial score (nSPS) is 18.0. The molecule has 0 spiro atoms. The highest BCUT2D eigenvalue weighted by molar-refractivity contribution is 5.78. The molecule has 0 aliphatic carbocycles. The van der Waals surface area contributed by atoms with Crippen molar-refractivity contribution in [3.05, 3.63) is 114 Å². The third-order valence-corrected chi connectivity index (χ3v) is 7.24. The number of carbonyl (C=O) groups is 1. The number of amides is 1. The highest BCUT2D eigenvalue weighted by Crippen LogP contribution is 2.35. The molecule has 1 fully saturated rings. The summed E-state index contributed by atoms with van der Waals surface area (Å²) in [7, 11) is 0. The zero-order valence-electron chi connectivity index (χ0n) is 24.2. The number of nitrogens with one attached hydrogen (secondary N) is 3. The second-order valence-electron chi connectivity index (χ2n) is 11.1. The lowest BCUT2D eigenvalue weighted by Gasteiger charge is -2.36. The quantitative estimate of drug-likeness (QED) is 0.184. The largest absolute Gasteiger partial charge is 0.355 e. The van der Waals surface area contributed by atoms with Crippen molar-refractivity contribution in [3.63, 3.8) is 0 Å². The van der Waals surface area contributed by atoms with Crippen LogP contribution in [0.4, 0.5) is 24.8 Å². The molecule has 12 heteroatoms. The summed E-state index contributed by atoms with van der Waals surface area (Å²) in [6.45, 7) is 2.91. The Morgan fingerprint density at radius 3 is 2.44 bits per heavy atom. The molecule has 0 radical (unpaired) electrons. The summed E-state index contributed by atoms with van der Waals surface area (Å²) in [6.07, 6.45) is 0.946. The third kappa shape index (κ3) is 7.19. The van der Waals surface area contributed by atoms with Gasteiger partial charge in [0, 0.05) is 35.5 Å². The molecule has 5 aromatic rings. The lowest BCUT2D eigenvalue weighted by atomic mass is 9.92. The molecule has 9 nitrogen and oxygen atoms in total. The van der Waals surface area contributed by atoms with Crippen LogP contribution < -0.4 is 10.6 Å². The summed E-state index contributed by atoms with van der Waals surface area (Å²) >= 11 is 0. The summed E-state index contributed by atoms with van der Waals surface area (Å²) in [5.74, 6) is -1.96. The van der Waals surface area contributed by atoms with E-state index in [1.807, 2.05) is 37.3 Å². The van der Waals surface area contributed by atoms with Crippen molar-refractivity contribution in [3.8, 4) is 22.6 Å². The van der Waals surface area contributed by atoms with Gasteiger partial charge in [-0.2, -0.15) is 0 Å². The molecule has 45 heavy (non-hydrogen) atoms. The Labute approximate surface area is 256 Å². The molecule has 1 aliphatic heterocycles. The van der Waals surface area contributed by atoms with Crippen LogP contribution in [0.25, 0.3) is 22.6 Å². The van der Waals surface area contributed by atoms with E-state index in [1.54, 1.807) is 18.2 Å². The van der Waals surface area contributed by atoms with Crippen LogP contribution in [-0.4, -0.2) is 45.6 Å². The molecule has 230 valence electrons. The first-order chi connectivity index (χ1) is 21.7. The second-order valence-corrected chi connectivity index (χ2v) is 11.1. The predicted molar refractivity (Wildman–Crippen MR) is 161 cm³/mol. The van der Waals surface area contributed by atoms with Crippen molar-refractivity contribution in [2.75, 3.05) is 25.1 Å². The van der Waals surface area contributed by atoms with Crippen LogP contribution >= 0.6 is 0 Å². The average molecular weight is 615 g/mol. The van der Waals surface area contributed by atoms with Crippen molar-refractivity contribution in [2.24, 2.45) is 5.41 Å². The Kier molecular flexibility index (Phi) is 8.58. The number of aromatic amines is 1. The lowest BCUT2D eigenvalue weighted by molar-refractivity contribution is -0.232. The number of nitrogens with zero attached hydrogens (tertiary/aromatic N) is 3. The molecule has 6 rings (SSSR count). The van der Waals surface area contributed by atoms with Gasteiger partial charge in [-0.25, -0.2) is 28.1 Å². The van der Waals surface area contributed by atoms with Gasteiger partial charge in [-0.05, 0) is 48.0 Å². The number of benzene rings is 3. The Morgan fingerprint density at radius 1 is 0.956 bits per heavy atom. The molecule has 0 saturated carbocycles. The first kappa shape index (κ1) is 30.0. The van der Waals surface area contributed by atoms with Crippen LogP contribution in [0.2, 0.25) is 0 Å². The summed E-state index contributed by atoms with van der Waals surface area (Å²) in [4.78, 5) is 29.2. The van der Waals surface area contributed by atoms with E-state index in [1.165, 1.54) is 24.4 Å². The lowest BCUT2D eigenvalue weighted by Crippen LogP contribution is -2.45. The number of rotatable bonds is 9. The number of H-pyrrole nitrogens is 1. The molecule has 3 aromatic carbocycles. The third-order valence-electron chi connectivity index (χ3n) is 7.24. The van der Waals surface area contributed by atoms with Crippen LogP contribution in [0.1, 0.15) is 24.6 Å². The monoisotopic (exact) mass is 614 g/mol. The Bertz CT molecular complexity index is 1790. The minimum absolute atomic E-state index is 0.0903. The SMILES string of the molecule is CC1(CNC(=O)Cc2ccccc2)COC(c2nc(-c3ccc(F)cc3)c(-c3ccnc(Nc4ccc(F)c(F)c4)n3)[nH]2)OC1. The standard InChI is InChI=1S/C33H29F3N6O3/c1-33(17-38-27(43)15-20-5-3-2-4-6-20)18-44-31(45-19-33)30-41-28(21-7-9-22(34)10-8-21)29(42-30)26-13-14-37-32(40-26)39-23-11-12-24(35)25(36)16-23/h2-14,16,31H,15,17-19H2,1H3,(H,38,43)(H,41,42)(H,37,39,40). The predicted octanol–water partition coefficient (Wildman–Crippen LogP) is 6.11. The number of hydrogen-bond acceptors (Lipinski definition) is 7. The summed E-state index contributed by atoms with van der Waals surface area (Å²) in [5.41, 5.74) is 2.72. The number of aromatic nitrogens is 4. The van der Waals surface area contributed by atoms with Gasteiger partial charge in [-0.3, -0.25) is 4.79 Å². The molecule has 0 unspecified atom stereocenters. The van der Waals surface area contributed by atoms with Gasteiger partial charge in [0.15, 0.2) is 17.5 Å². The van der Waals surface area contributed by atoms with E-state index in [0.29, 0.717) is 48.2 Å². The fourth-order valence-electron chi connectivity index (χ4n) is 4.83. The van der Waals surface area contributed by atoms with E-state index < -0.39 is 29.2 Å². The van der Waals surface area contributed by atoms with Gasteiger partial charge in [0.05, 0.1) is 36.7 Å².